The topological polar surface area (TPSA) is 82.8 Å². The lowest BCUT2D eigenvalue weighted by Gasteiger charge is -2.10. The SMILES string of the molecule is CCOC(=O)c1nnn(Cc2cnccn2)c1C(F)(F)F. The molecule has 2 aromatic rings. The number of nitrogens with zero attached hydrogens (tertiary/aromatic N) is 5. The third-order valence-corrected chi connectivity index (χ3v) is 2.40. The predicted molar refractivity (Wildman–Crippen MR) is 62.1 cm³/mol. The van der Waals surface area contributed by atoms with Gasteiger partial charge in [0.25, 0.3) is 0 Å². The van der Waals surface area contributed by atoms with Crippen molar-refractivity contribution in [2.24, 2.45) is 0 Å². The summed E-state index contributed by atoms with van der Waals surface area (Å²) in [4.78, 5) is 19.1. The molecule has 0 spiro atoms. The quantitative estimate of drug-likeness (QED) is 0.792. The normalized spacial score (nSPS) is 11.4. The number of aromatic nitrogens is 5. The molecule has 0 bridgehead atoms. The zero-order valence-electron chi connectivity index (χ0n) is 10.8. The van der Waals surface area contributed by atoms with Crippen LogP contribution in [-0.2, 0) is 17.5 Å². The number of ether oxygens (including phenoxy) is 1. The molecule has 0 fully saturated rings. The summed E-state index contributed by atoms with van der Waals surface area (Å²) in [6.07, 6.45) is -0.773. The molecule has 21 heavy (non-hydrogen) atoms. The summed E-state index contributed by atoms with van der Waals surface area (Å²) in [6, 6.07) is 0. The predicted octanol–water partition coefficient (Wildman–Crippen LogP) is 1.31. The lowest BCUT2D eigenvalue weighted by molar-refractivity contribution is -0.144. The molecule has 0 unspecified atom stereocenters. The highest BCUT2D eigenvalue weighted by molar-refractivity contribution is 5.88. The van der Waals surface area contributed by atoms with Gasteiger partial charge in [0.1, 0.15) is 0 Å². The van der Waals surface area contributed by atoms with Gasteiger partial charge in [-0.05, 0) is 6.92 Å². The van der Waals surface area contributed by atoms with Gasteiger partial charge in [0, 0.05) is 12.4 Å². The van der Waals surface area contributed by atoms with Crippen molar-refractivity contribution in [3.05, 3.63) is 35.7 Å². The van der Waals surface area contributed by atoms with Gasteiger partial charge in [0.15, 0.2) is 5.69 Å². The standard InChI is InChI=1S/C11H10F3N5O2/c1-2-21-10(20)8-9(11(12,13)14)19(18-17-8)6-7-5-15-3-4-16-7/h3-5H,2,6H2,1H3. The van der Waals surface area contributed by atoms with Crippen molar-refractivity contribution in [2.75, 3.05) is 6.61 Å². The highest BCUT2D eigenvalue weighted by Gasteiger charge is 2.42. The second-order valence-corrected chi connectivity index (χ2v) is 3.86. The van der Waals surface area contributed by atoms with Crippen LogP contribution in [0.2, 0.25) is 0 Å². The Hall–Kier alpha value is -2.52. The molecular formula is C11H10F3N5O2. The fourth-order valence-electron chi connectivity index (χ4n) is 1.61. The zero-order chi connectivity index (χ0) is 15.5. The fraction of sp³-hybridized carbons (Fsp3) is 0.364. The van der Waals surface area contributed by atoms with Crippen molar-refractivity contribution < 1.29 is 22.7 Å². The second-order valence-electron chi connectivity index (χ2n) is 3.86. The summed E-state index contributed by atoms with van der Waals surface area (Å²) >= 11 is 0. The summed E-state index contributed by atoms with van der Waals surface area (Å²) in [7, 11) is 0. The van der Waals surface area contributed by atoms with Crippen LogP contribution in [0.1, 0.15) is 28.8 Å². The molecule has 7 nitrogen and oxygen atoms in total. The Morgan fingerprint density at radius 2 is 2.14 bits per heavy atom. The Kier molecular flexibility index (Phi) is 4.15. The Labute approximate surface area is 116 Å². The minimum absolute atomic E-state index is 0.0623. The van der Waals surface area contributed by atoms with Crippen LogP contribution >= 0.6 is 0 Å². The van der Waals surface area contributed by atoms with Gasteiger partial charge >= 0.3 is 12.1 Å². The van der Waals surface area contributed by atoms with E-state index >= 15 is 0 Å². The van der Waals surface area contributed by atoms with Crippen molar-refractivity contribution in [3.63, 3.8) is 0 Å². The maximum absolute atomic E-state index is 13.1. The van der Waals surface area contributed by atoms with Crippen LogP contribution in [0.4, 0.5) is 13.2 Å². The molecule has 112 valence electrons. The maximum Gasteiger partial charge on any atom is 0.435 e. The van der Waals surface area contributed by atoms with Gasteiger partial charge in [-0.1, -0.05) is 5.21 Å². The fourth-order valence-corrected chi connectivity index (χ4v) is 1.61. The lowest BCUT2D eigenvalue weighted by Crippen LogP contribution is -2.20. The van der Waals surface area contributed by atoms with Crippen molar-refractivity contribution in [1.82, 2.24) is 25.0 Å². The Bertz CT molecular complexity index is 627. The van der Waals surface area contributed by atoms with E-state index in [1.54, 1.807) is 0 Å². The van der Waals surface area contributed by atoms with E-state index in [9.17, 15) is 18.0 Å². The summed E-state index contributed by atoms with van der Waals surface area (Å²) < 4.78 is 44.4. The highest BCUT2D eigenvalue weighted by atomic mass is 19.4. The molecule has 0 aromatic carbocycles. The van der Waals surface area contributed by atoms with E-state index in [4.69, 9.17) is 0 Å². The molecule has 0 N–H and O–H groups in total. The number of alkyl halides is 3. The van der Waals surface area contributed by atoms with Gasteiger partial charge in [-0.2, -0.15) is 13.2 Å². The molecule has 0 saturated carbocycles. The second kappa shape index (κ2) is 5.85. The number of carbonyl (C=O) groups excluding carboxylic acids is 1. The Balaban J connectivity index is 2.40. The van der Waals surface area contributed by atoms with Crippen LogP contribution in [0.15, 0.2) is 18.6 Å². The van der Waals surface area contributed by atoms with Crippen LogP contribution in [0, 0.1) is 0 Å². The van der Waals surface area contributed by atoms with Crippen LogP contribution in [-0.4, -0.2) is 37.5 Å². The third kappa shape index (κ3) is 3.33. The van der Waals surface area contributed by atoms with Gasteiger partial charge in [0.05, 0.1) is 25.0 Å². The van der Waals surface area contributed by atoms with Crippen molar-refractivity contribution in [2.45, 2.75) is 19.6 Å². The number of hydrogen-bond donors (Lipinski definition) is 0. The van der Waals surface area contributed by atoms with Crippen LogP contribution in [0.5, 0.6) is 0 Å². The first kappa shape index (κ1) is 14.9. The smallest absolute Gasteiger partial charge is 0.435 e. The number of esters is 1. The zero-order valence-corrected chi connectivity index (χ0v) is 10.8. The summed E-state index contributed by atoms with van der Waals surface area (Å²) in [5.74, 6) is -1.17. The maximum atomic E-state index is 13.1. The largest absolute Gasteiger partial charge is 0.461 e. The van der Waals surface area contributed by atoms with Gasteiger partial charge in [-0.15, -0.1) is 5.10 Å². The van der Waals surface area contributed by atoms with E-state index in [2.05, 4.69) is 25.0 Å². The van der Waals surface area contributed by atoms with Gasteiger partial charge in [0.2, 0.25) is 5.69 Å². The number of rotatable bonds is 4. The Morgan fingerprint density at radius 3 is 2.71 bits per heavy atom. The molecule has 0 aliphatic carbocycles. The van der Waals surface area contributed by atoms with Gasteiger partial charge in [-0.25, -0.2) is 9.48 Å². The Morgan fingerprint density at radius 1 is 1.38 bits per heavy atom. The lowest BCUT2D eigenvalue weighted by atomic mass is 10.3. The number of halogens is 3. The van der Waals surface area contributed by atoms with Crippen LogP contribution < -0.4 is 0 Å². The first-order valence-electron chi connectivity index (χ1n) is 5.86. The molecule has 2 aromatic heterocycles. The monoisotopic (exact) mass is 301 g/mol. The highest BCUT2D eigenvalue weighted by Crippen LogP contribution is 2.31. The molecule has 0 aliphatic heterocycles. The van der Waals surface area contributed by atoms with E-state index in [0.717, 1.165) is 0 Å². The molecule has 0 aliphatic rings. The number of carbonyl (C=O) groups is 1. The van der Waals surface area contributed by atoms with Crippen LogP contribution in [0.25, 0.3) is 0 Å². The first-order valence-corrected chi connectivity index (χ1v) is 5.86. The molecule has 0 saturated heterocycles. The minimum Gasteiger partial charge on any atom is -0.461 e. The number of hydrogen-bond acceptors (Lipinski definition) is 6. The van der Waals surface area contributed by atoms with E-state index in [1.807, 2.05) is 0 Å². The average molecular weight is 301 g/mol. The first-order chi connectivity index (χ1) is 9.93. The van der Waals surface area contributed by atoms with Crippen molar-refractivity contribution in [1.29, 1.82) is 0 Å². The van der Waals surface area contributed by atoms with Gasteiger partial charge < -0.3 is 4.74 Å². The van der Waals surface area contributed by atoms with Crippen molar-refractivity contribution in [3.8, 4) is 0 Å². The molecule has 0 atom stereocenters. The van der Waals surface area contributed by atoms with Crippen LogP contribution in [0.3, 0.4) is 0 Å². The van der Waals surface area contributed by atoms with Crippen molar-refractivity contribution >= 4 is 5.97 Å². The minimum atomic E-state index is -4.80. The average Bonchev–Trinajstić information content (AvgIpc) is 2.84. The molecule has 2 heterocycles. The summed E-state index contributed by atoms with van der Waals surface area (Å²) in [5.41, 5.74) is -1.89. The molecular weight excluding hydrogens is 291 g/mol. The third-order valence-electron chi connectivity index (χ3n) is 2.40. The molecule has 10 heteroatoms. The van der Waals surface area contributed by atoms with E-state index in [0.29, 0.717) is 4.68 Å². The van der Waals surface area contributed by atoms with E-state index < -0.39 is 23.5 Å². The summed E-state index contributed by atoms with van der Waals surface area (Å²) in [5, 5.41) is 6.63. The van der Waals surface area contributed by atoms with Gasteiger partial charge in [-0.3, -0.25) is 9.97 Å². The molecule has 0 radical (unpaired) electrons. The van der Waals surface area contributed by atoms with E-state index in [1.165, 1.54) is 25.5 Å². The molecule has 2 rings (SSSR count). The molecule has 0 amide bonds. The summed E-state index contributed by atoms with van der Waals surface area (Å²) in [6.45, 7) is 1.11. The van der Waals surface area contributed by atoms with E-state index in [-0.39, 0.29) is 18.8 Å².